The van der Waals surface area contributed by atoms with Gasteiger partial charge in [-0.1, -0.05) is 0 Å². The average Bonchev–Trinajstić information content (AvgIpc) is 2.51. The van der Waals surface area contributed by atoms with Crippen LogP contribution in [0.3, 0.4) is 0 Å². The minimum atomic E-state index is -5.11. The number of hydrogen-bond acceptors (Lipinski definition) is 4. The molecule has 12 heteroatoms. The normalized spacial score (nSPS) is 17.4. The number of amides is 1. The van der Waals surface area contributed by atoms with Gasteiger partial charge in [0.15, 0.2) is 6.10 Å². The summed E-state index contributed by atoms with van der Waals surface area (Å²) in [5.41, 5.74) is -3.19. The van der Waals surface area contributed by atoms with Crippen LogP contribution in [0.4, 0.5) is 42.5 Å². The first-order valence-corrected chi connectivity index (χ1v) is 7.41. The van der Waals surface area contributed by atoms with E-state index in [9.17, 15) is 41.0 Å². The molecule has 0 aromatic heterocycles. The van der Waals surface area contributed by atoms with Gasteiger partial charge in [-0.2, -0.15) is 26.3 Å². The number of anilines is 2. The minimum absolute atomic E-state index is 0.0389. The van der Waals surface area contributed by atoms with Crippen molar-refractivity contribution in [3.63, 3.8) is 0 Å². The van der Waals surface area contributed by atoms with E-state index >= 15 is 0 Å². The van der Waals surface area contributed by atoms with Crippen LogP contribution in [0.15, 0.2) is 18.2 Å². The van der Waals surface area contributed by atoms with Crippen LogP contribution >= 0.6 is 0 Å². The second-order valence-electron chi connectivity index (χ2n) is 6.20. The van der Waals surface area contributed by atoms with Gasteiger partial charge in [0.25, 0.3) is 5.78 Å². The van der Waals surface area contributed by atoms with Gasteiger partial charge in [0.2, 0.25) is 0 Å². The second-order valence-corrected chi connectivity index (χ2v) is 6.20. The van der Waals surface area contributed by atoms with Crippen LogP contribution in [0.2, 0.25) is 0 Å². The fourth-order valence-corrected chi connectivity index (χ4v) is 2.42. The zero-order chi connectivity index (χ0) is 20.8. The summed E-state index contributed by atoms with van der Waals surface area (Å²) in [4.78, 5) is 22.7. The summed E-state index contributed by atoms with van der Waals surface area (Å²) in [7, 11) is 0. The SMILES string of the molecule is CC(C)(N(C(=O)O)c1ccc2c(c1)NC[C@@H](C(=O)C(F)(F)F)O2)C(F)(F)F. The molecule has 2 rings (SSSR count). The lowest BCUT2D eigenvalue weighted by Gasteiger charge is -2.38. The molecule has 0 radical (unpaired) electrons. The Balaban J connectivity index is 2.36. The van der Waals surface area contributed by atoms with Gasteiger partial charge < -0.3 is 15.2 Å². The Hall–Kier alpha value is -2.66. The van der Waals surface area contributed by atoms with E-state index in [1.807, 2.05) is 0 Å². The molecule has 0 unspecified atom stereocenters. The fourth-order valence-electron chi connectivity index (χ4n) is 2.42. The largest absolute Gasteiger partial charge is 0.478 e. The first-order chi connectivity index (χ1) is 12.2. The highest BCUT2D eigenvalue weighted by molar-refractivity contribution is 5.91. The molecule has 1 aromatic rings. The smallest absolute Gasteiger partial charge is 0.454 e. The fraction of sp³-hybridized carbons (Fsp3) is 0.467. The van der Waals surface area contributed by atoms with E-state index in [0.29, 0.717) is 13.8 Å². The molecule has 0 spiro atoms. The number of carboxylic acid groups (broad SMARTS) is 1. The van der Waals surface area contributed by atoms with Crippen LogP contribution in [-0.4, -0.2) is 47.5 Å². The molecular formula is C15H14F6N2O4. The van der Waals surface area contributed by atoms with Gasteiger partial charge >= 0.3 is 18.4 Å². The molecule has 0 aliphatic carbocycles. The number of alkyl halides is 6. The molecule has 1 aliphatic heterocycles. The van der Waals surface area contributed by atoms with Gasteiger partial charge in [-0.05, 0) is 32.0 Å². The molecule has 2 N–H and O–H groups in total. The van der Waals surface area contributed by atoms with Gasteiger partial charge in [0, 0.05) is 0 Å². The summed E-state index contributed by atoms with van der Waals surface area (Å²) in [6.07, 6.45) is -13.7. The van der Waals surface area contributed by atoms with Crippen LogP contribution in [0.5, 0.6) is 5.75 Å². The molecule has 1 aliphatic rings. The van der Waals surface area contributed by atoms with Crippen LogP contribution in [0.1, 0.15) is 13.8 Å². The first kappa shape index (κ1) is 20.6. The van der Waals surface area contributed by atoms with Crippen molar-refractivity contribution < 1.29 is 45.8 Å². The lowest BCUT2D eigenvalue weighted by molar-refractivity contribution is -0.178. The van der Waals surface area contributed by atoms with E-state index < -0.39 is 42.4 Å². The highest BCUT2D eigenvalue weighted by Gasteiger charge is 2.54. The molecule has 0 saturated carbocycles. The van der Waals surface area contributed by atoms with Gasteiger partial charge in [-0.25, -0.2) is 4.79 Å². The predicted octanol–water partition coefficient (Wildman–Crippen LogP) is 3.82. The number of halogens is 6. The zero-order valence-corrected chi connectivity index (χ0v) is 13.9. The Bertz CT molecular complexity index is 760. The second kappa shape index (κ2) is 6.50. The number of nitrogens with one attached hydrogen (secondary N) is 1. The lowest BCUT2D eigenvalue weighted by Crippen LogP contribution is -2.57. The van der Waals surface area contributed by atoms with Crippen LogP contribution < -0.4 is 15.0 Å². The molecule has 27 heavy (non-hydrogen) atoms. The molecule has 1 amide bonds. The van der Waals surface area contributed by atoms with Gasteiger partial charge in [0.05, 0.1) is 17.9 Å². The summed E-state index contributed by atoms with van der Waals surface area (Å²) in [5.74, 6) is -2.34. The van der Waals surface area contributed by atoms with E-state index in [4.69, 9.17) is 4.74 Å². The number of ketones is 1. The monoisotopic (exact) mass is 400 g/mol. The van der Waals surface area contributed by atoms with Crippen molar-refractivity contribution >= 4 is 23.3 Å². The molecule has 6 nitrogen and oxygen atoms in total. The van der Waals surface area contributed by atoms with Crippen LogP contribution in [-0.2, 0) is 4.79 Å². The number of ether oxygens (including phenoxy) is 1. The maximum atomic E-state index is 13.2. The highest BCUT2D eigenvalue weighted by atomic mass is 19.4. The standard InChI is InChI=1S/C15H14F6N2O4/c1-13(2,15(19,20)21)23(12(25)26)7-3-4-9-8(5-7)22-6-10(27-9)11(24)14(16,17)18/h3-5,10,22H,6H2,1-2H3,(H,25,26)/t10-/m0/s1. The molecule has 1 aromatic carbocycles. The summed E-state index contributed by atoms with van der Waals surface area (Å²) in [6.45, 7) is 0.760. The molecular weight excluding hydrogens is 386 g/mol. The maximum absolute atomic E-state index is 13.2. The number of carbonyl (C=O) groups is 2. The van der Waals surface area contributed by atoms with Gasteiger partial charge in [0.1, 0.15) is 11.3 Å². The van der Waals surface area contributed by atoms with E-state index in [1.54, 1.807) is 0 Å². The zero-order valence-electron chi connectivity index (χ0n) is 13.9. The Morgan fingerprint density at radius 1 is 1.19 bits per heavy atom. The number of hydrogen-bond donors (Lipinski definition) is 2. The van der Waals surface area contributed by atoms with Crippen molar-refractivity contribution in [2.45, 2.75) is 37.8 Å². The summed E-state index contributed by atoms with van der Waals surface area (Å²) in [5, 5.41) is 11.7. The Kier molecular flexibility index (Phi) is 4.97. The third-order valence-electron chi connectivity index (χ3n) is 3.98. The Morgan fingerprint density at radius 3 is 2.26 bits per heavy atom. The summed E-state index contributed by atoms with van der Waals surface area (Å²) in [6, 6.07) is 2.93. The van der Waals surface area contributed by atoms with Crippen molar-refractivity contribution in [1.29, 1.82) is 0 Å². The van der Waals surface area contributed by atoms with E-state index in [-0.39, 0.29) is 22.0 Å². The summed E-state index contributed by atoms with van der Waals surface area (Å²) >= 11 is 0. The number of Topliss-reactive ketones (excluding diaryl/α,β-unsaturated/α-hetero) is 1. The van der Waals surface area contributed by atoms with E-state index in [2.05, 4.69) is 5.32 Å². The minimum Gasteiger partial charge on any atom is -0.478 e. The lowest BCUT2D eigenvalue weighted by atomic mass is 10.0. The highest BCUT2D eigenvalue weighted by Crippen LogP contribution is 2.41. The van der Waals surface area contributed by atoms with Crippen molar-refractivity contribution in [3.8, 4) is 5.75 Å². The molecule has 150 valence electrons. The third-order valence-corrected chi connectivity index (χ3v) is 3.98. The maximum Gasteiger partial charge on any atom is 0.454 e. The topological polar surface area (TPSA) is 78.9 Å². The van der Waals surface area contributed by atoms with Crippen molar-refractivity contribution in [2.75, 3.05) is 16.8 Å². The first-order valence-electron chi connectivity index (χ1n) is 7.41. The van der Waals surface area contributed by atoms with Crippen LogP contribution in [0, 0.1) is 0 Å². The van der Waals surface area contributed by atoms with Crippen molar-refractivity contribution in [3.05, 3.63) is 18.2 Å². The molecule has 1 atom stereocenters. The number of carbonyl (C=O) groups excluding carboxylic acids is 1. The molecule has 1 heterocycles. The quantitative estimate of drug-likeness (QED) is 0.755. The van der Waals surface area contributed by atoms with Crippen LogP contribution in [0.25, 0.3) is 0 Å². The Labute approximate surface area is 148 Å². The molecule has 0 fully saturated rings. The van der Waals surface area contributed by atoms with Gasteiger partial charge in [-0.15, -0.1) is 0 Å². The summed E-state index contributed by atoms with van der Waals surface area (Å²) < 4.78 is 82.1. The van der Waals surface area contributed by atoms with Crippen molar-refractivity contribution in [2.24, 2.45) is 0 Å². The molecule has 0 saturated heterocycles. The number of benzene rings is 1. The number of rotatable bonds is 3. The van der Waals surface area contributed by atoms with E-state index in [1.165, 1.54) is 0 Å². The average molecular weight is 400 g/mol. The number of fused-ring (bicyclic) bond motifs is 1. The van der Waals surface area contributed by atoms with E-state index in [0.717, 1.165) is 18.2 Å². The van der Waals surface area contributed by atoms with Crippen molar-refractivity contribution in [1.82, 2.24) is 0 Å². The number of nitrogens with zero attached hydrogens (tertiary/aromatic N) is 1. The predicted molar refractivity (Wildman–Crippen MR) is 81.0 cm³/mol. The van der Waals surface area contributed by atoms with Gasteiger partial charge in [-0.3, -0.25) is 9.69 Å². The third kappa shape index (κ3) is 3.88. The molecule has 0 bridgehead atoms. The Morgan fingerprint density at radius 2 is 1.78 bits per heavy atom.